The molecule has 0 aliphatic rings. The minimum absolute atomic E-state index is 0.176. The van der Waals surface area contributed by atoms with Crippen molar-refractivity contribution in [1.29, 1.82) is 0 Å². The molecule has 0 radical (unpaired) electrons. The van der Waals surface area contributed by atoms with Gasteiger partial charge in [0.05, 0.1) is 6.61 Å². The molecule has 2 nitrogen and oxygen atoms in total. The molecule has 94 valence electrons. The van der Waals surface area contributed by atoms with Gasteiger partial charge in [0.25, 0.3) is 0 Å². The molecule has 0 fully saturated rings. The topological polar surface area (TPSA) is 26.3 Å². The fourth-order valence-corrected chi connectivity index (χ4v) is 1.27. The number of esters is 1. The number of rotatable bonds is 3. The Kier molecular flexibility index (Phi) is 3.75. The highest BCUT2D eigenvalue weighted by molar-refractivity contribution is 5.79. The van der Waals surface area contributed by atoms with Crippen LogP contribution < -0.4 is 0 Å². The van der Waals surface area contributed by atoms with E-state index in [2.05, 4.69) is 4.74 Å². The summed E-state index contributed by atoms with van der Waals surface area (Å²) in [5.74, 6) is -9.23. The van der Waals surface area contributed by atoms with Crippen LogP contribution in [0.4, 0.5) is 17.6 Å². The van der Waals surface area contributed by atoms with Crippen LogP contribution in [0.3, 0.4) is 0 Å². The largest absolute Gasteiger partial charge is 0.461 e. The molecule has 6 heteroatoms. The smallest absolute Gasteiger partial charge is 0.382 e. The van der Waals surface area contributed by atoms with Crippen molar-refractivity contribution >= 4 is 5.97 Å². The molecule has 1 rings (SSSR count). The average Bonchev–Trinajstić information content (AvgIpc) is 2.24. The SMILES string of the molecule is CCOC(=O)C(F)(F)c1c(F)ccc(C)c1F. The van der Waals surface area contributed by atoms with Gasteiger partial charge in [-0.05, 0) is 25.5 Å². The van der Waals surface area contributed by atoms with Crippen LogP contribution in [-0.2, 0) is 15.5 Å². The van der Waals surface area contributed by atoms with Gasteiger partial charge < -0.3 is 4.74 Å². The summed E-state index contributed by atoms with van der Waals surface area (Å²) in [5.41, 5.74) is -1.75. The quantitative estimate of drug-likeness (QED) is 0.609. The normalized spacial score (nSPS) is 11.4. The van der Waals surface area contributed by atoms with Crippen LogP contribution >= 0.6 is 0 Å². The molecule has 1 aromatic carbocycles. The molecule has 1 aromatic rings. The lowest BCUT2D eigenvalue weighted by molar-refractivity contribution is -0.173. The van der Waals surface area contributed by atoms with Crippen molar-refractivity contribution in [2.75, 3.05) is 6.61 Å². The molecule has 0 heterocycles. The third-order valence-corrected chi connectivity index (χ3v) is 2.13. The maximum Gasteiger partial charge on any atom is 0.382 e. The van der Waals surface area contributed by atoms with Crippen molar-refractivity contribution in [2.24, 2.45) is 0 Å². The van der Waals surface area contributed by atoms with E-state index in [9.17, 15) is 22.4 Å². The van der Waals surface area contributed by atoms with Crippen LogP contribution in [0.1, 0.15) is 18.1 Å². The van der Waals surface area contributed by atoms with Crippen LogP contribution in [0.5, 0.6) is 0 Å². The van der Waals surface area contributed by atoms with Crippen LogP contribution in [0.15, 0.2) is 12.1 Å². The van der Waals surface area contributed by atoms with Crippen LogP contribution in [0, 0.1) is 18.6 Å². The first kappa shape index (κ1) is 13.5. The Morgan fingerprint density at radius 2 is 1.94 bits per heavy atom. The zero-order valence-corrected chi connectivity index (χ0v) is 9.19. The Morgan fingerprint density at radius 1 is 1.35 bits per heavy atom. The van der Waals surface area contributed by atoms with Gasteiger partial charge in [0, 0.05) is 0 Å². The molecule has 0 bridgehead atoms. The molecule has 0 saturated heterocycles. The van der Waals surface area contributed by atoms with E-state index in [1.54, 1.807) is 0 Å². The van der Waals surface area contributed by atoms with Gasteiger partial charge in [-0.2, -0.15) is 8.78 Å². The van der Waals surface area contributed by atoms with Crippen molar-refractivity contribution < 1.29 is 27.1 Å². The zero-order chi connectivity index (χ0) is 13.2. The van der Waals surface area contributed by atoms with Crippen molar-refractivity contribution in [1.82, 2.24) is 0 Å². The average molecular weight is 250 g/mol. The maximum absolute atomic E-state index is 13.5. The third-order valence-electron chi connectivity index (χ3n) is 2.13. The molecule has 0 spiro atoms. The van der Waals surface area contributed by atoms with Gasteiger partial charge in [-0.15, -0.1) is 0 Å². The van der Waals surface area contributed by atoms with Crippen LogP contribution in [-0.4, -0.2) is 12.6 Å². The van der Waals surface area contributed by atoms with Gasteiger partial charge in [-0.1, -0.05) is 6.07 Å². The zero-order valence-electron chi connectivity index (χ0n) is 9.19. The van der Waals surface area contributed by atoms with Gasteiger partial charge in [-0.25, -0.2) is 13.6 Å². The number of benzene rings is 1. The van der Waals surface area contributed by atoms with E-state index >= 15 is 0 Å². The van der Waals surface area contributed by atoms with E-state index in [0.29, 0.717) is 6.07 Å². The number of halogens is 4. The van der Waals surface area contributed by atoms with E-state index < -0.39 is 29.1 Å². The summed E-state index contributed by atoms with van der Waals surface area (Å²) in [6.45, 7) is 2.21. The van der Waals surface area contributed by atoms with Gasteiger partial charge in [-0.3, -0.25) is 0 Å². The number of alkyl halides is 2. The Hall–Kier alpha value is -1.59. The summed E-state index contributed by atoms with van der Waals surface area (Å²) in [4.78, 5) is 11.0. The predicted molar refractivity (Wildman–Crippen MR) is 51.6 cm³/mol. The molecular formula is C11H10F4O2. The van der Waals surface area contributed by atoms with Gasteiger partial charge >= 0.3 is 11.9 Å². The number of aryl methyl sites for hydroxylation is 1. The lowest BCUT2D eigenvalue weighted by Gasteiger charge is -2.17. The predicted octanol–water partition coefficient (Wildman–Crippen LogP) is 2.93. The number of hydrogen-bond acceptors (Lipinski definition) is 2. The highest BCUT2D eigenvalue weighted by atomic mass is 19.3. The lowest BCUT2D eigenvalue weighted by Crippen LogP contribution is -2.30. The Labute approximate surface area is 95.2 Å². The highest BCUT2D eigenvalue weighted by Crippen LogP contribution is 2.34. The Balaban J connectivity index is 3.32. The number of hydrogen-bond donors (Lipinski definition) is 0. The lowest BCUT2D eigenvalue weighted by atomic mass is 10.0. The van der Waals surface area contributed by atoms with Crippen molar-refractivity contribution in [3.05, 3.63) is 34.9 Å². The molecule has 0 aromatic heterocycles. The molecule has 17 heavy (non-hydrogen) atoms. The molecule has 0 aliphatic carbocycles. The summed E-state index contributed by atoms with van der Waals surface area (Å²) in [6, 6.07) is 1.69. The molecule has 0 atom stereocenters. The van der Waals surface area contributed by atoms with E-state index in [0.717, 1.165) is 6.07 Å². The van der Waals surface area contributed by atoms with Crippen LogP contribution in [0.25, 0.3) is 0 Å². The number of carbonyl (C=O) groups excluding carboxylic acids is 1. The molecule has 0 saturated carbocycles. The second-order valence-corrected chi connectivity index (χ2v) is 3.35. The molecule has 0 amide bonds. The summed E-state index contributed by atoms with van der Waals surface area (Å²) >= 11 is 0. The summed E-state index contributed by atoms with van der Waals surface area (Å²) in [5, 5.41) is 0. The third kappa shape index (κ3) is 2.40. The van der Waals surface area contributed by atoms with Gasteiger partial charge in [0.15, 0.2) is 0 Å². The maximum atomic E-state index is 13.5. The summed E-state index contributed by atoms with van der Waals surface area (Å²) in [6.07, 6.45) is 0. The summed E-state index contributed by atoms with van der Waals surface area (Å²) in [7, 11) is 0. The molecule has 0 aliphatic heterocycles. The fraction of sp³-hybridized carbons (Fsp3) is 0.364. The number of ether oxygens (including phenoxy) is 1. The Bertz CT molecular complexity index is 443. The Morgan fingerprint density at radius 3 is 2.47 bits per heavy atom. The highest BCUT2D eigenvalue weighted by Gasteiger charge is 2.47. The molecule has 0 N–H and O–H groups in total. The van der Waals surface area contributed by atoms with Gasteiger partial charge in [0.1, 0.15) is 17.2 Å². The van der Waals surface area contributed by atoms with E-state index in [4.69, 9.17) is 0 Å². The first-order valence-corrected chi connectivity index (χ1v) is 4.82. The number of carbonyl (C=O) groups is 1. The molecule has 0 unspecified atom stereocenters. The van der Waals surface area contributed by atoms with Crippen molar-refractivity contribution in [2.45, 2.75) is 19.8 Å². The molecular weight excluding hydrogens is 240 g/mol. The minimum Gasteiger partial charge on any atom is -0.461 e. The first-order chi connectivity index (χ1) is 7.82. The fourth-order valence-electron chi connectivity index (χ4n) is 1.27. The van der Waals surface area contributed by atoms with Crippen LogP contribution in [0.2, 0.25) is 0 Å². The van der Waals surface area contributed by atoms with Gasteiger partial charge in [0.2, 0.25) is 0 Å². The van der Waals surface area contributed by atoms with Crippen molar-refractivity contribution in [3.8, 4) is 0 Å². The van der Waals surface area contributed by atoms with Crippen molar-refractivity contribution in [3.63, 3.8) is 0 Å². The van der Waals surface area contributed by atoms with E-state index in [-0.39, 0.29) is 12.2 Å². The summed E-state index contributed by atoms with van der Waals surface area (Å²) < 4.78 is 57.7. The van der Waals surface area contributed by atoms with E-state index in [1.807, 2.05) is 0 Å². The van der Waals surface area contributed by atoms with E-state index in [1.165, 1.54) is 13.8 Å². The second-order valence-electron chi connectivity index (χ2n) is 3.35. The second kappa shape index (κ2) is 4.73. The monoisotopic (exact) mass is 250 g/mol. The minimum atomic E-state index is -4.34. The standard InChI is InChI=1S/C11H10F4O2/c1-3-17-10(16)11(14,15)8-7(12)5-4-6(2)9(8)13/h4-5H,3H2,1-2H3. The first-order valence-electron chi connectivity index (χ1n) is 4.82.